The fourth-order valence-corrected chi connectivity index (χ4v) is 2.88. The molecule has 188 valence electrons. The third-order valence-electron chi connectivity index (χ3n) is 4.25. The van der Waals surface area contributed by atoms with Gasteiger partial charge in [-0.05, 0) is 0 Å². The van der Waals surface area contributed by atoms with Crippen LogP contribution >= 0.6 is 0 Å². The van der Waals surface area contributed by atoms with Crippen molar-refractivity contribution in [2.45, 2.75) is 0 Å². The van der Waals surface area contributed by atoms with Gasteiger partial charge in [0, 0.05) is 172 Å². The van der Waals surface area contributed by atoms with Crippen LogP contribution in [0.3, 0.4) is 0 Å². The van der Waals surface area contributed by atoms with Gasteiger partial charge in [-0.3, -0.25) is 24.3 Å². The predicted octanol–water partition coefficient (Wildman–Crippen LogP) is -6.93. The van der Waals surface area contributed by atoms with Crippen LogP contribution in [0.15, 0.2) is 0 Å². The van der Waals surface area contributed by atoms with E-state index < -0.39 is 62.5 Å². The van der Waals surface area contributed by atoms with E-state index in [4.69, 9.17) is 5.11 Å². The number of carbonyl (C=O) groups excluding carboxylic acids is 4. The third-order valence-corrected chi connectivity index (χ3v) is 4.25. The van der Waals surface area contributed by atoms with Crippen molar-refractivity contribution in [3.05, 3.63) is 0 Å². The first-order chi connectivity index (χ1) is 13.6. The SMILES string of the molecule is O=C([O-])CN1CCN(CC(=O)[O-])CCN(CC(=O)[O-])C(=O)CN(CC(=O)O)CC1.[Gd].[Gd].[Gd]. The molecule has 13 nitrogen and oxygen atoms in total. The summed E-state index contributed by atoms with van der Waals surface area (Å²) in [4.78, 5) is 61.4. The van der Waals surface area contributed by atoms with Gasteiger partial charge in [0.15, 0.2) is 0 Å². The van der Waals surface area contributed by atoms with E-state index in [9.17, 15) is 39.3 Å². The molecule has 0 saturated carbocycles. The Morgan fingerprint density at radius 1 is 0.656 bits per heavy atom. The van der Waals surface area contributed by atoms with Gasteiger partial charge in [0.05, 0.1) is 37.5 Å². The number of nitrogens with zero attached hydrogens (tertiary/aromatic N) is 4. The molecule has 1 amide bonds. The summed E-state index contributed by atoms with van der Waals surface area (Å²) in [5, 5.41) is 41.9. The van der Waals surface area contributed by atoms with Gasteiger partial charge in [0.1, 0.15) is 0 Å². The fraction of sp³-hybridized carbons (Fsp3) is 0.688. The molecule has 0 radical (unpaired) electrons. The molecule has 1 saturated heterocycles. The quantitative estimate of drug-likeness (QED) is 0.243. The predicted molar refractivity (Wildman–Crippen MR) is 88.6 cm³/mol. The van der Waals surface area contributed by atoms with Crippen LogP contribution in [0.1, 0.15) is 0 Å². The van der Waals surface area contributed by atoms with Gasteiger partial charge in [-0.1, -0.05) is 0 Å². The number of carboxylic acid groups (broad SMARTS) is 4. The second-order valence-electron chi connectivity index (χ2n) is 6.59. The van der Waals surface area contributed by atoms with Crippen molar-refractivity contribution in [2.75, 3.05) is 72.0 Å². The van der Waals surface area contributed by atoms with Gasteiger partial charge in [0.25, 0.3) is 0 Å². The molecule has 0 atom stereocenters. The minimum Gasteiger partial charge on any atom is -0.549 e. The summed E-state index contributed by atoms with van der Waals surface area (Å²) < 4.78 is 0. The van der Waals surface area contributed by atoms with Crippen LogP contribution < -0.4 is 15.3 Å². The fourth-order valence-electron chi connectivity index (χ4n) is 2.88. The molecule has 0 bridgehead atoms. The van der Waals surface area contributed by atoms with E-state index in [2.05, 4.69) is 0 Å². The summed E-state index contributed by atoms with van der Waals surface area (Å²) >= 11 is 0. The number of hydrogen-bond donors (Lipinski definition) is 1. The molecule has 1 rings (SSSR count). The number of aliphatic carboxylic acids is 4. The molecule has 1 aliphatic rings. The number of hydrogen-bond acceptors (Lipinski definition) is 11. The third kappa shape index (κ3) is 17.6. The van der Waals surface area contributed by atoms with Crippen LogP contribution in [0.4, 0.5) is 0 Å². The smallest absolute Gasteiger partial charge is 0.317 e. The zero-order valence-electron chi connectivity index (χ0n) is 16.8. The van der Waals surface area contributed by atoms with Crippen molar-refractivity contribution < 1.29 is 164 Å². The van der Waals surface area contributed by atoms with Crippen LogP contribution in [0, 0.1) is 120 Å². The Labute approximate surface area is 281 Å². The maximum atomic E-state index is 12.5. The molecular formula is C16H23Gd3N4O9-3. The summed E-state index contributed by atoms with van der Waals surface area (Å²) in [6, 6.07) is 0. The minimum atomic E-state index is -1.51. The molecule has 0 aliphatic carbocycles. The summed E-state index contributed by atoms with van der Waals surface area (Å²) in [6.07, 6.45) is 0. The van der Waals surface area contributed by atoms with Crippen molar-refractivity contribution in [2.24, 2.45) is 0 Å². The summed E-state index contributed by atoms with van der Waals surface area (Å²) in [5.74, 6) is -6.13. The number of carboxylic acids is 4. The minimum absolute atomic E-state index is 0. The van der Waals surface area contributed by atoms with Crippen molar-refractivity contribution in [3.8, 4) is 0 Å². The van der Waals surface area contributed by atoms with E-state index in [1.165, 1.54) is 14.7 Å². The molecule has 1 aliphatic heterocycles. The number of rotatable bonds is 8. The van der Waals surface area contributed by atoms with Crippen LogP contribution in [0.2, 0.25) is 0 Å². The van der Waals surface area contributed by atoms with Crippen LogP contribution in [0.5, 0.6) is 0 Å². The van der Waals surface area contributed by atoms with E-state index in [1.807, 2.05) is 0 Å². The zero-order valence-corrected chi connectivity index (χ0v) is 23.6. The van der Waals surface area contributed by atoms with Crippen molar-refractivity contribution in [1.29, 1.82) is 0 Å². The number of carbonyl (C=O) groups is 5. The molecule has 32 heavy (non-hydrogen) atoms. The van der Waals surface area contributed by atoms with Crippen molar-refractivity contribution in [3.63, 3.8) is 0 Å². The Morgan fingerprint density at radius 3 is 1.41 bits per heavy atom. The van der Waals surface area contributed by atoms with Crippen LogP contribution in [-0.2, 0) is 24.0 Å². The molecule has 0 aromatic heterocycles. The molecule has 0 aromatic rings. The molecule has 0 spiro atoms. The normalized spacial score (nSPS) is 16.9. The average Bonchev–Trinajstić information content (AvgIpc) is 2.57. The Balaban J connectivity index is -0.00000280. The molecule has 1 heterocycles. The van der Waals surface area contributed by atoms with E-state index in [0.717, 1.165) is 4.90 Å². The van der Waals surface area contributed by atoms with Crippen molar-refractivity contribution >= 4 is 29.8 Å². The van der Waals surface area contributed by atoms with Gasteiger partial charge >= 0.3 is 5.97 Å². The average molecular weight is 887 g/mol. The largest absolute Gasteiger partial charge is 0.549 e. The molecule has 0 aromatic carbocycles. The van der Waals surface area contributed by atoms with E-state index in [-0.39, 0.29) is 159 Å². The maximum absolute atomic E-state index is 12.5. The monoisotopic (exact) mass is 889 g/mol. The Kier molecular flexibility index (Phi) is 24.1. The van der Waals surface area contributed by atoms with E-state index in [1.54, 1.807) is 0 Å². The zero-order chi connectivity index (χ0) is 22.0. The summed E-state index contributed by atoms with van der Waals surface area (Å²) in [6.45, 7) is -2.38. The molecule has 1 N–H and O–H groups in total. The molecule has 0 unspecified atom stereocenters. The second-order valence-corrected chi connectivity index (χ2v) is 6.59. The van der Waals surface area contributed by atoms with Gasteiger partial charge in [-0.2, -0.15) is 0 Å². The van der Waals surface area contributed by atoms with Gasteiger partial charge in [0.2, 0.25) is 5.91 Å². The van der Waals surface area contributed by atoms with Crippen LogP contribution in [-0.4, -0.2) is 126 Å². The van der Waals surface area contributed by atoms with Gasteiger partial charge < -0.3 is 39.7 Å². The number of amides is 1. The first-order valence-electron chi connectivity index (χ1n) is 8.83. The first-order valence-corrected chi connectivity index (χ1v) is 8.83. The summed E-state index contributed by atoms with van der Waals surface area (Å²) in [5.41, 5.74) is 0. The standard InChI is InChI=1S/C16H26N4O9.3Gd/c21-12-7-19(10-15(26)27)4-3-17(8-13(22)23)1-2-18(9-14(24)25)5-6-20(12)11-16(28)29;;;/h1-11H2,(H,22,23)(H,24,25)(H,26,27)(H,28,29);;;/p-3. The molecular weight excluding hydrogens is 864 g/mol. The Bertz CT molecular complexity index is 642. The molecule has 1 fully saturated rings. The van der Waals surface area contributed by atoms with E-state index in [0.29, 0.717) is 0 Å². The first kappa shape index (κ1) is 37.7. The van der Waals surface area contributed by atoms with Gasteiger partial charge in [-0.25, -0.2) is 0 Å². The van der Waals surface area contributed by atoms with Gasteiger partial charge in [-0.15, -0.1) is 0 Å². The Hall–Kier alpha value is 1.20. The Morgan fingerprint density at radius 2 is 1.03 bits per heavy atom. The van der Waals surface area contributed by atoms with E-state index >= 15 is 0 Å². The topological polar surface area (TPSA) is 188 Å². The summed E-state index contributed by atoms with van der Waals surface area (Å²) in [7, 11) is 0. The van der Waals surface area contributed by atoms with Crippen molar-refractivity contribution in [1.82, 2.24) is 19.6 Å². The molecule has 16 heteroatoms. The van der Waals surface area contributed by atoms with Crippen LogP contribution in [0.25, 0.3) is 0 Å². The second kappa shape index (κ2) is 20.4. The maximum Gasteiger partial charge on any atom is 0.317 e.